The van der Waals surface area contributed by atoms with E-state index in [-0.39, 0.29) is 29.1 Å². The highest BCUT2D eigenvalue weighted by molar-refractivity contribution is 7.89. The van der Waals surface area contributed by atoms with Gasteiger partial charge in [0.15, 0.2) is 5.96 Å². The van der Waals surface area contributed by atoms with Gasteiger partial charge in [0.1, 0.15) is 6.04 Å². The Balaban J connectivity index is 2.16. The lowest BCUT2D eigenvalue weighted by atomic mass is 10.1. The van der Waals surface area contributed by atoms with Gasteiger partial charge in [-0.3, -0.25) is 15.0 Å². The SMILES string of the molecule is CCCCS(=O)(=O)NC(Cc1ccc(NC(=O)c2cc(NC(=N)N)cc(C(F)(F)F)c2)cc1)C(=O)O. The second-order valence-corrected chi connectivity index (χ2v) is 9.75. The van der Waals surface area contributed by atoms with E-state index in [2.05, 4.69) is 15.4 Å². The van der Waals surface area contributed by atoms with Gasteiger partial charge in [0.05, 0.1) is 11.3 Å². The summed E-state index contributed by atoms with van der Waals surface area (Å²) in [6, 6.07) is 6.79. The minimum absolute atomic E-state index is 0.164. The van der Waals surface area contributed by atoms with E-state index >= 15 is 0 Å². The van der Waals surface area contributed by atoms with Gasteiger partial charge in [-0.25, -0.2) is 13.1 Å². The number of hydrogen-bond acceptors (Lipinski definition) is 5. The predicted octanol–water partition coefficient (Wildman–Crippen LogP) is 2.98. The summed E-state index contributed by atoms with van der Waals surface area (Å²) < 4.78 is 65.9. The van der Waals surface area contributed by atoms with Crippen LogP contribution < -0.4 is 21.1 Å². The fourth-order valence-corrected chi connectivity index (χ4v) is 4.51. The van der Waals surface area contributed by atoms with Crippen LogP contribution in [-0.2, 0) is 27.4 Å². The largest absolute Gasteiger partial charge is 0.480 e. The summed E-state index contributed by atoms with van der Waals surface area (Å²) in [5.41, 5.74) is 4.17. The van der Waals surface area contributed by atoms with E-state index in [0.717, 1.165) is 6.07 Å². The summed E-state index contributed by atoms with van der Waals surface area (Å²) in [7, 11) is -3.78. The Morgan fingerprint density at radius 2 is 1.72 bits per heavy atom. The first kappa shape index (κ1) is 28.6. The van der Waals surface area contributed by atoms with E-state index in [4.69, 9.17) is 11.1 Å². The molecule has 0 saturated heterocycles. The Kier molecular flexibility index (Phi) is 9.42. The smallest absolute Gasteiger partial charge is 0.416 e. The van der Waals surface area contributed by atoms with Crippen LogP contribution in [0.3, 0.4) is 0 Å². The van der Waals surface area contributed by atoms with E-state index in [1.165, 1.54) is 24.3 Å². The molecule has 0 aromatic heterocycles. The number of carbonyl (C=O) groups is 2. The van der Waals surface area contributed by atoms with E-state index in [9.17, 15) is 36.3 Å². The molecule has 2 aromatic carbocycles. The molecule has 0 heterocycles. The van der Waals surface area contributed by atoms with Crippen molar-refractivity contribution in [3.63, 3.8) is 0 Å². The Labute approximate surface area is 205 Å². The number of nitrogens with one attached hydrogen (secondary N) is 4. The fourth-order valence-electron chi connectivity index (χ4n) is 3.10. The molecule has 1 atom stereocenters. The van der Waals surface area contributed by atoms with Crippen molar-refractivity contribution in [2.24, 2.45) is 5.73 Å². The van der Waals surface area contributed by atoms with Crippen molar-refractivity contribution in [3.8, 4) is 0 Å². The first-order chi connectivity index (χ1) is 16.7. The molecule has 2 aromatic rings. The average molecular weight is 530 g/mol. The van der Waals surface area contributed by atoms with Crippen molar-refractivity contribution in [1.29, 1.82) is 5.41 Å². The molecule has 10 nitrogen and oxygen atoms in total. The maximum Gasteiger partial charge on any atom is 0.416 e. The third-order valence-electron chi connectivity index (χ3n) is 4.84. The maximum atomic E-state index is 13.2. The number of carbonyl (C=O) groups excluding carboxylic acids is 1. The summed E-state index contributed by atoms with van der Waals surface area (Å²) in [4.78, 5) is 24.1. The molecule has 0 aliphatic carbocycles. The molecule has 0 saturated carbocycles. The topological polar surface area (TPSA) is 174 Å². The highest BCUT2D eigenvalue weighted by Gasteiger charge is 2.32. The number of nitrogens with two attached hydrogens (primary N) is 1. The first-order valence-electron chi connectivity index (χ1n) is 10.7. The Hall–Kier alpha value is -3.65. The summed E-state index contributed by atoms with van der Waals surface area (Å²) >= 11 is 0. The number of alkyl halides is 3. The van der Waals surface area contributed by atoms with Gasteiger partial charge in [0.25, 0.3) is 5.91 Å². The monoisotopic (exact) mass is 529 g/mol. The van der Waals surface area contributed by atoms with Gasteiger partial charge in [0, 0.05) is 16.9 Å². The third kappa shape index (κ3) is 8.85. The molecule has 0 aliphatic rings. The van der Waals surface area contributed by atoms with Crippen LogP contribution in [0.1, 0.15) is 41.3 Å². The standard InChI is InChI=1S/C22H26F3N5O5S/c1-2-3-8-36(34,35)30-18(20(32)33)9-13-4-6-16(7-5-13)28-19(31)14-10-15(22(23,24)25)12-17(11-14)29-21(26)27/h4-7,10-12,18,30H,2-3,8-9H2,1H3,(H,28,31)(H,32,33)(H4,26,27,29). The summed E-state index contributed by atoms with van der Waals surface area (Å²) in [5.74, 6) is -3.03. The van der Waals surface area contributed by atoms with Crippen LogP contribution >= 0.6 is 0 Å². The zero-order valence-corrected chi connectivity index (χ0v) is 20.0. The molecule has 196 valence electrons. The van der Waals surface area contributed by atoms with Crippen LogP contribution in [0, 0.1) is 5.41 Å². The van der Waals surface area contributed by atoms with Crippen LogP contribution in [0.25, 0.3) is 0 Å². The van der Waals surface area contributed by atoms with Crippen LogP contribution in [-0.4, -0.2) is 43.2 Å². The van der Waals surface area contributed by atoms with Gasteiger partial charge in [0.2, 0.25) is 10.0 Å². The van der Waals surface area contributed by atoms with E-state index in [1.807, 2.05) is 0 Å². The molecule has 0 bridgehead atoms. The number of carboxylic acid groups (broad SMARTS) is 1. The number of halogens is 3. The number of unbranched alkanes of at least 4 members (excludes halogenated alkanes) is 1. The normalized spacial score (nSPS) is 12.6. The van der Waals surface area contributed by atoms with Gasteiger partial charge in [-0.15, -0.1) is 0 Å². The zero-order valence-electron chi connectivity index (χ0n) is 19.1. The van der Waals surface area contributed by atoms with Crippen molar-refractivity contribution in [2.75, 3.05) is 16.4 Å². The van der Waals surface area contributed by atoms with Crippen molar-refractivity contribution in [3.05, 3.63) is 59.2 Å². The zero-order chi connectivity index (χ0) is 27.1. The number of hydrogen-bond donors (Lipinski definition) is 6. The lowest BCUT2D eigenvalue weighted by Crippen LogP contribution is -2.43. The third-order valence-corrected chi connectivity index (χ3v) is 6.31. The van der Waals surface area contributed by atoms with E-state index in [1.54, 1.807) is 6.92 Å². The molecule has 7 N–H and O–H groups in total. The molecule has 0 fully saturated rings. The van der Waals surface area contributed by atoms with Crippen molar-refractivity contribution in [1.82, 2.24) is 4.72 Å². The van der Waals surface area contributed by atoms with Crippen LogP contribution in [0.4, 0.5) is 24.5 Å². The van der Waals surface area contributed by atoms with Gasteiger partial charge in [-0.2, -0.15) is 13.2 Å². The van der Waals surface area contributed by atoms with Gasteiger partial charge in [-0.05, 0) is 48.7 Å². The highest BCUT2D eigenvalue weighted by atomic mass is 32.2. The minimum atomic E-state index is -4.75. The summed E-state index contributed by atoms with van der Waals surface area (Å²) in [6.45, 7) is 1.81. The molecule has 14 heteroatoms. The maximum absolute atomic E-state index is 13.2. The van der Waals surface area contributed by atoms with Gasteiger partial charge >= 0.3 is 12.1 Å². The van der Waals surface area contributed by atoms with Crippen molar-refractivity contribution < 1.29 is 36.3 Å². The Bertz CT molecular complexity index is 1220. The second-order valence-electron chi connectivity index (χ2n) is 7.87. The minimum Gasteiger partial charge on any atom is -0.480 e. The molecule has 0 aliphatic heterocycles. The summed E-state index contributed by atoms with van der Waals surface area (Å²) in [5, 5.41) is 21.2. The number of rotatable bonds is 11. The summed E-state index contributed by atoms with van der Waals surface area (Å²) in [6.07, 6.45) is -3.90. The highest BCUT2D eigenvalue weighted by Crippen LogP contribution is 2.32. The lowest BCUT2D eigenvalue weighted by molar-refractivity contribution is -0.139. The first-order valence-corrected chi connectivity index (χ1v) is 12.3. The van der Waals surface area contributed by atoms with E-state index < -0.39 is 45.6 Å². The number of aliphatic carboxylic acids is 1. The van der Waals surface area contributed by atoms with Gasteiger partial charge in [-0.1, -0.05) is 25.5 Å². The van der Waals surface area contributed by atoms with Crippen LogP contribution in [0.5, 0.6) is 0 Å². The number of guanidine groups is 1. The molecular weight excluding hydrogens is 503 g/mol. The van der Waals surface area contributed by atoms with Crippen LogP contribution in [0.15, 0.2) is 42.5 Å². The lowest BCUT2D eigenvalue weighted by Gasteiger charge is -2.15. The predicted molar refractivity (Wildman–Crippen MR) is 128 cm³/mol. The Morgan fingerprint density at radius 3 is 2.25 bits per heavy atom. The number of anilines is 2. The molecule has 0 radical (unpaired) electrons. The molecular formula is C22H26F3N5O5S. The molecule has 0 spiro atoms. The number of amides is 1. The molecule has 1 amide bonds. The molecule has 2 rings (SSSR count). The van der Waals surface area contributed by atoms with Crippen molar-refractivity contribution >= 4 is 39.2 Å². The quantitative estimate of drug-likeness (QED) is 0.192. The van der Waals surface area contributed by atoms with Gasteiger partial charge < -0.3 is 21.5 Å². The number of sulfonamides is 1. The molecule has 1 unspecified atom stereocenters. The van der Waals surface area contributed by atoms with Crippen LogP contribution in [0.2, 0.25) is 0 Å². The molecule has 36 heavy (non-hydrogen) atoms. The number of benzene rings is 2. The number of carboxylic acids is 1. The van der Waals surface area contributed by atoms with E-state index in [0.29, 0.717) is 30.5 Å². The second kappa shape index (κ2) is 11.9. The average Bonchev–Trinajstić information content (AvgIpc) is 2.77. The Morgan fingerprint density at radius 1 is 1.08 bits per heavy atom. The fraction of sp³-hybridized carbons (Fsp3) is 0.318. The van der Waals surface area contributed by atoms with Crippen molar-refractivity contribution in [2.45, 2.75) is 38.4 Å².